The van der Waals surface area contributed by atoms with Crippen LogP contribution < -0.4 is 14.4 Å². The van der Waals surface area contributed by atoms with E-state index >= 15 is 0 Å². The van der Waals surface area contributed by atoms with Crippen molar-refractivity contribution in [3.8, 4) is 11.5 Å². The smallest absolute Gasteiger partial charge is 0.259 e. The highest BCUT2D eigenvalue weighted by molar-refractivity contribution is 6.07. The quantitative estimate of drug-likeness (QED) is 0.736. The van der Waals surface area contributed by atoms with Gasteiger partial charge in [-0.2, -0.15) is 0 Å². The van der Waals surface area contributed by atoms with E-state index in [0.717, 1.165) is 34.5 Å². The summed E-state index contributed by atoms with van der Waals surface area (Å²) < 4.78 is 10.5. The first-order valence-corrected chi connectivity index (χ1v) is 8.13. The number of hydrogen-bond donors (Lipinski definition) is 0. The molecule has 1 aromatic heterocycles. The number of hydrogen-bond acceptors (Lipinski definition) is 4. The third kappa shape index (κ3) is 2.67. The van der Waals surface area contributed by atoms with Crippen molar-refractivity contribution in [2.45, 2.75) is 6.42 Å². The normalized spacial score (nSPS) is 13.0. The maximum Gasteiger partial charge on any atom is 0.259 e. The Morgan fingerprint density at radius 1 is 1.04 bits per heavy atom. The molecule has 0 saturated carbocycles. The van der Waals surface area contributed by atoms with Crippen LogP contribution in [0.4, 0.5) is 5.82 Å². The van der Waals surface area contributed by atoms with Crippen molar-refractivity contribution in [1.82, 2.24) is 4.98 Å². The topological polar surface area (TPSA) is 51.7 Å². The molecule has 126 valence electrons. The predicted octanol–water partition coefficient (Wildman–Crippen LogP) is 3.45. The van der Waals surface area contributed by atoms with Crippen molar-refractivity contribution in [1.29, 1.82) is 0 Å². The molecule has 0 N–H and O–H groups in total. The molecule has 2 aromatic carbocycles. The second kappa shape index (κ2) is 6.09. The summed E-state index contributed by atoms with van der Waals surface area (Å²) in [5, 5.41) is 1.02. The van der Waals surface area contributed by atoms with Gasteiger partial charge in [0.2, 0.25) is 0 Å². The first-order valence-electron chi connectivity index (χ1n) is 8.13. The summed E-state index contributed by atoms with van der Waals surface area (Å²) in [4.78, 5) is 19.4. The molecular weight excluding hydrogens is 316 g/mol. The predicted molar refractivity (Wildman–Crippen MR) is 96.7 cm³/mol. The minimum Gasteiger partial charge on any atom is -0.497 e. The molecule has 1 aliphatic heterocycles. The summed E-state index contributed by atoms with van der Waals surface area (Å²) in [7, 11) is 3.24. The van der Waals surface area contributed by atoms with E-state index in [1.54, 1.807) is 31.3 Å². The van der Waals surface area contributed by atoms with Crippen LogP contribution in [0.3, 0.4) is 0 Å². The van der Waals surface area contributed by atoms with E-state index in [1.807, 2.05) is 30.3 Å². The fraction of sp³-hybridized carbons (Fsp3) is 0.200. The Balaban J connectivity index is 1.73. The van der Waals surface area contributed by atoms with Gasteiger partial charge in [0.1, 0.15) is 17.3 Å². The van der Waals surface area contributed by atoms with Gasteiger partial charge in [-0.15, -0.1) is 0 Å². The summed E-state index contributed by atoms with van der Waals surface area (Å²) in [6, 6.07) is 15.1. The molecular formula is C20H18N2O3. The molecule has 25 heavy (non-hydrogen) atoms. The van der Waals surface area contributed by atoms with Gasteiger partial charge < -0.3 is 9.47 Å². The molecule has 3 aromatic rings. The van der Waals surface area contributed by atoms with Crippen molar-refractivity contribution in [2.75, 3.05) is 25.7 Å². The van der Waals surface area contributed by atoms with Crippen LogP contribution in [0, 0.1) is 0 Å². The first-order chi connectivity index (χ1) is 12.2. The Labute approximate surface area is 145 Å². The molecule has 4 rings (SSSR count). The van der Waals surface area contributed by atoms with E-state index in [0.29, 0.717) is 17.9 Å². The van der Waals surface area contributed by atoms with Crippen LogP contribution in [0.15, 0.2) is 48.5 Å². The van der Waals surface area contributed by atoms with E-state index < -0.39 is 0 Å². The number of nitrogens with zero attached hydrogens (tertiary/aromatic N) is 2. The maximum absolute atomic E-state index is 12.9. The van der Waals surface area contributed by atoms with Gasteiger partial charge in [0, 0.05) is 17.5 Å². The van der Waals surface area contributed by atoms with Gasteiger partial charge in [0.15, 0.2) is 0 Å². The van der Waals surface area contributed by atoms with Crippen LogP contribution in [0.5, 0.6) is 11.5 Å². The van der Waals surface area contributed by atoms with Crippen LogP contribution in [0.25, 0.3) is 10.9 Å². The molecule has 1 aliphatic rings. The molecule has 0 saturated heterocycles. The van der Waals surface area contributed by atoms with E-state index in [2.05, 4.69) is 6.07 Å². The summed E-state index contributed by atoms with van der Waals surface area (Å²) in [5.74, 6) is 2.16. The number of rotatable bonds is 3. The Morgan fingerprint density at radius 3 is 2.64 bits per heavy atom. The lowest BCUT2D eigenvalue weighted by atomic mass is 10.1. The number of amides is 1. The minimum absolute atomic E-state index is 0.0574. The van der Waals surface area contributed by atoms with Crippen LogP contribution >= 0.6 is 0 Å². The lowest BCUT2D eigenvalue weighted by Gasteiger charge is -2.17. The highest BCUT2D eigenvalue weighted by Gasteiger charge is 2.27. The fourth-order valence-electron chi connectivity index (χ4n) is 3.18. The monoisotopic (exact) mass is 334 g/mol. The Morgan fingerprint density at radius 2 is 1.84 bits per heavy atom. The van der Waals surface area contributed by atoms with Crippen molar-refractivity contribution < 1.29 is 14.3 Å². The van der Waals surface area contributed by atoms with Crippen LogP contribution in [-0.4, -0.2) is 31.7 Å². The number of ether oxygens (including phenoxy) is 2. The van der Waals surface area contributed by atoms with Crippen molar-refractivity contribution in [2.24, 2.45) is 0 Å². The van der Waals surface area contributed by atoms with E-state index in [4.69, 9.17) is 14.5 Å². The van der Waals surface area contributed by atoms with Gasteiger partial charge in [-0.05, 0) is 54.4 Å². The summed E-state index contributed by atoms with van der Waals surface area (Å²) >= 11 is 0. The van der Waals surface area contributed by atoms with Crippen molar-refractivity contribution in [3.63, 3.8) is 0 Å². The molecule has 2 heterocycles. The number of anilines is 1. The molecule has 1 amide bonds. The van der Waals surface area contributed by atoms with E-state index in [-0.39, 0.29) is 5.91 Å². The van der Waals surface area contributed by atoms with Crippen molar-refractivity contribution in [3.05, 3.63) is 59.7 Å². The van der Waals surface area contributed by atoms with Gasteiger partial charge in [0.05, 0.1) is 19.7 Å². The number of aromatic nitrogens is 1. The molecule has 0 radical (unpaired) electrons. The summed E-state index contributed by atoms with van der Waals surface area (Å²) in [6.45, 7) is 0.631. The molecule has 0 spiro atoms. The first kappa shape index (κ1) is 15.4. The Hall–Kier alpha value is -3.08. The third-order valence-corrected chi connectivity index (χ3v) is 4.50. The zero-order chi connectivity index (χ0) is 17.4. The maximum atomic E-state index is 12.9. The van der Waals surface area contributed by atoms with Gasteiger partial charge >= 0.3 is 0 Å². The minimum atomic E-state index is -0.0574. The average molecular weight is 334 g/mol. The SMILES string of the molecule is COc1cccc(C(=O)N2CCc3cc4cc(OC)ccc4nc32)c1. The molecule has 0 unspecified atom stereocenters. The van der Waals surface area contributed by atoms with Gasteiger partial charge in [-0.25, -0.2) is 4.98 Å². The standard InChI is InChI=1S/C20H18N2O3/c1-24-16-5-3-4-14(11-16)20(23)22-9-8-13-10-15-12-17(25-2)6-7-18(15)21-19(13)22/h3-7,10-12H,8-9H2,1-2H3. The molecule has 0 bridgehead atoms. The molecule has 0 atom stereocenters. The number of methoxy groups -OCH3 is 2. The second-order valence-electron chi connectivity index (χ2n) is 5.97. The number of carbonyl (C=O) groups is 1. The van der Waals surface area contributed by atoms with Crippen LogP contribution in [-0.2, 0) is 6.42 Å². The second-order valence-corrected chi connectivity index (χ2v) is 5.97. The molecule has 0 fully saturated rings. The van der Waals surface area contributed by atoms with E-state index in [9.17, 15) is 4.79 Å². The highest BCUT2D eigenvalue weighted by atomic mass is 16.5. The zero-order valence-corrected chi connectivity index (χ0v) is 14.2. The van der Waals surface area contributed by atoms with Crippen LogP contribution in [0.1, 0.15) is 15.9 Å². The Kier molecular flexibility index (Phi) is 3.76. The lowest BCUT2D eigenvalue weighted by molar-refractivity contribution is 0.0988. The summed E-state index contributed by atoms with van der Waals surface area (Å²) in [6.07, 6.45) is 0.797. The summed E-state index contributed by atoms with van der Waals surface area (Å²) in [5.41, 5.74) is 2.53. The van der Waals surface area contributed by atoms with Gasteiger partial charge in [-0.1, -0.05) is 6.07 Å². The third-order valence-electron chi connectivity index (χ3n) is 4.50. The van der Waals surface area contributed by atoms with Gasteiger partial charge in [0.25, 0.3) is 5.91 Å². The van der Waals surface area contributed by atoms with Gasteiger partial charge in [-0.3, -0.25) is 9.69 Å². The molecule has 5 heteroatoms. The lowest BCUT2D eigenvalue weighted by Crippen LogP contribution is -2.29. The molecule has 0 aliphatic carbocycles. The largest absolute Gasteiger partial charge is 0.497 e. The fourth-order valence-corrected chi connectivity index (χ4v) is 3.18. The Bertz CT molecular complexity index is 968. The number of fused-ring (bicyclic) bond motifs is 2. The number of benzene rings is 2. The highest BCUT2D eigenvalue weighted by Crippen LogP contribution is 2.32. The van der Waals surface area contributed by atoms with Crippen molar-refractivity contribution >= 4 is 22.6 Å². The van der Waals surface area contributed by atoms with E-state index in [1.165, 1.54) is 0 Å². The molecule has 5 nitrogen and oxygen atoms in total. The zero-order valence-electron chi connectivity index (χ0n) is 14.2. The van der Waals surface area contributed by atoms with Crippen LogP contribution in [0.2, 0.25) is 0 Å². The number of carbonyl (C=O) groups excluding carboxylic acids is 1. The number of pyridine rings is 1. The average Bonchev–Trinajstić information content (AvgIpc) is 3.07.